The SMILES string of the molecule is CS(=O)(=O)c1cc(Cl)cc(O)c1O. The van der Waals surface area contributed by atoms with Crippen LogP contribution in [0.4, 0.5) is 0 Å². The number of sulfone groups is 1. The second-order valence-corrected chi connectivity index (χ2v) is 4.96. The van der Waals surface area contributed by atoms with Gasteiger partial charge in [-0.1, -0.05) is 11.6 Å². The van der Waals surface area contributed by atoms with Gasteiger partial charge in [-0.05, 0) is 6.07 Å². The lowest BCUT2D eigenvalue weighted by molar-refractivity contribution is 0.393. The molecule has 0 bridgehead atoms. The van der Waals surface area contributed by atoms with Gasteiger partial charge in [0, 0.05) is 17.3 Å². The van der Waals surface area contributed by atoms with Gasteiger partial charge in [0.25, 0.3) is 0 Å². The fourth-order valence-electron chi connectivity index (χ4n) is 0.843. The van der Waals surface area contributed by atoms with E-state index in [0.29, 0.717) is 0 Å². The first-order chi connectivity index (χ1) is 5.82. The number of rotatable bonds is 1. The second kappa shape index (κ2) is 3.08. The summed E-state index contributed by atoms with van der Waals surface area (Å²) in [7, 11) is -3.57. The molecule has 1 aromatic rings. The van der Waals surface area contributed by atoms with Crippen molar-refractivity contribution in [1.82, 2.24) is 0 Å². The molecule has 0 aliphatic rings. The Hall–Kier alpha value is -0.940. The second-order valence-electron chi connectivity index (χ2n) is 2.54. The summed E-state index contributed by atoms with van der Waals surface area (Å²) in [5, 5.41) is 18.3. The Kier molecular flexibility index (Phi) is 2.40. The summed E-state index contributed by atoms with van der Waals surface area (Å²) in [6.45, 7) is 0. The topological polar surface area (TPSA) is 74.6 Å². The van der Waals surface area contributed by atoms with Crippen LogP contribution < -0.4 is 0 Å². The van der Waals surface area contributed by atoms with Crippen molar-refractivity contribution in [3.63, 3.8) is 0 Å². The van der Waals surface area contributed by atoms with Gasteiger partial charge in [0.15, 0.2) is 21.3 Å². The molecule has 0 saturated heterocycles. The van der Waals surface area contributed by atoms with Crippen LogP contribution in [0.3, 0.4) is 0 Å². The summed E-state index contributed by atoms with van der Waals surface area (Å²) >= 11 is 5.49. The molecule has 72 valence electrons. The van der Waals surface area contributed by atoms with E-state index in [1.54, 1.807) is 0 Å². The van der Waals surface area contributed by atoms with Gasteiger partial charge in [0.1, 0.15) is 4.90 Å². The molecule has 0 aliphatic carbocycles. The van der Waals surface area contributed by atoms with Crippen LogP contribution in [0.5, 0.6) is 11.5 Å². The maximum Gasteiger partial charge on any atom is 0.179 e. The molecule has 0 aliphatic heterocycles. The molecular formula is C7H7ClO4S. The summed E-state index contributed by atoms with van der Waals surface area (Å²) in [6, 6.07) is 2.14. The molecule has 13 heavy (non-hydrogen) atoms. The lowest BCUT2D eigenvalue weighted by atomic mass is 10.3. The predicted octanol–water partition coefficient (Wildman–Crippen LogP) is 1.15. The number of phenolic OH excluding ortho intramolecular Hbond substituents is 2. The van der Waals surface area contributed by atoms with Crippen molar-refractivity contribution >= 4 is 21.4 Å². The Labute approximate surface area is 80.3 Å². The Bertz CT molecular complexity index is 438. The van der Waals surface area contributed by atoms with Crippen LogP contribution in [0.25, 0.3) is 0 Å². The van der Waals surface area contributed by atoms with Crippen LogP contribution in [0.2, 0.25) is 5.02 Å². The molecular weight excluding hydrogens is 216 g/mol. The van der Waals surface area contributed by atoms with Gasteiger partial charge < -0.3 is 10.2 Å². The van der Waals surface area contributed by atoms with Crippen LogP contribution >= 0.6 is 11.6 Å². The van der Waals surface area contributed by atoms with Crippen LogP contribution in [0.15, 0.2) is 17.0 Å². The highest BCUT2D eigenvalue weighted by Gasteiger charge is 2.17. The predicted molar refractivity (Wildman–Crippen MR) is 47.9 cm³/mol. The maximum absolute atomic E-state index is 11.0. The number of benzene rings is 1. The molecule has 0 unspecified atom stereocenters. The molecule has 0 amide bonds. The van der Waals surface area contributed by atoms with E-state index in [2.05, 4.69) is 0 Å². The highest BCUT2D eigenvalue weighted by atomic mass is 35.5. The number of hydrogen-bond donors (Lipinski definition) is 2. The first-order valence-electron chi connectivity index (χ1n) is 3.24. The largest absolute Gasteiger partial charge is 0.504 e. The Morgan fingerprint density at radius 2 is 1.85 bits per heavy atom. The zero-order valence-corrected chi connectivity index (χ0v) is 8.22. The summed E-state index contributed by atoms with van der Waals surface area (Å²) < 4.78 is 22.1. The zero-order valence-electron chi connectivity index (χ0n) is 6.65. The average Bonchev–Trinajstić information content (AvgIpc) is 1.94. The summed E-state index contributed by atoms with van der Waals surface area (Å²) in [6.07, 6.45) is 0.915. The van der Waals surface area contributed by atoms with Crippen molar-refractivity contribution in [2.24, 2.45) is 0 Å². The lowest BCUT2D eigenvalue weighted by Gasteiger charge is -2.04. The number of hydrogen-bond acceptors (Lipinski definition) is 4. The molecule has 6 heteroatoms. The highest BCUT2D eigenvalue weighted by Crippen LogP contribution is 2.35. The first kappa shape index (κ1) is 10.1. The van der Waals surface area contributed by atoms with Gasteiger partial charge in [-0.3, -0.25) is 0 Å². The minimum Gasteiger partial charge on any atom is -0.504 e. The standard InChI is InChI=1S/C7H7ClO4S/c1-13(11,12)6-3-4(8)2-5(9)7(6)10/h2-3,9-10H,1H3. The smallest absolute Gasteiger partial charge is 0.179 e. The van der Waals surface area contributed by atoms with Crippen molar-refractivity contribution in [3.8, 4) is 11.5 Å². The molecule has 0 atom stereocenters. The lowest BCUT2D eigenvalue weighted by Crippen LogP contribution is -1.97. The first-order valence-corrected chi connectivity index (χ1v) is 5.51. The van der Waals surface area contributed by atoms with Crippen molar-refractivity contribution in [2.75, 3.05) is 6.26 Å². The van der Waals surface area contributed by atoms with Crippen LogP contribution in [0, 0.1) is 0 Å². The summed E-state index contributed by atoms with van der Waals surface area (Å²) in [5.74, 6) is -1.22. The third kappa shape index (κ3) is 2.05. The molecule has 2 N–H and O–H groups in total. The van der Waals surface area contributed by atoms with Gasteiger partial charge >= 0.3 is 0 Å². The molecule has 0 heterocycles. The third-order valence-corrected chi connectivity index (χ3v) is 2.75. The van der Waals surface area contributed by atoms with Crippen molar-refractivity contribution < 1.29 is 18.6 Å². The van der Waals surface area contributed by atoms with Gasteiger partial charge in [-0.2, -0.15) is 0 Å². The summed E-state index contributed by atoms with van der Waals surface area (Å²) in [4.78, 5) is -0.377. The fourth-order valence-corrected chi connectivity index (χ4v) is 1.92. The van der Waals surface area contributed by atoms with Gasteiger partial charge in [0.2, 0.25) is 0 Å². The van der Waals surface area contributed by atoms with Gasteiger partial charge in [0.05, 0.1) is 0 Å². The van der Waals surface area contributed by atoms with E-state index < -0.39 is 21.3 Å². The normalized spacial score (nSPS) is 11.5. The van der Waals surface area contributed by atoms with E-state index in [0.717, 1.165) is 18.4 Å². The highest BCUT2D eigenvalue weighted by molar-refractivity contribution is 7.90. The molecule has 1 aromatic carbocycles. The molecule has 0 radical (unpaired) electrons. The van der Waals surface area contributed by atoms with E-state index in [-0.39, 0.29) is 9.92 Å². The molecule has 0 fully saturated rings. The van der Waals surface area contributed by atoms with Gasteiger partial charge in [-0.15, -0.1) is 0 Å². The fraction of sp³-hybridized carbons (Fsp3) is 0.143. The van der Waals surface area contributed by atoms with Crippen molar-refractivity contribution in [1.29, 1.82) is 0 Å². The number of phenols is 2. The van der Waals surface area contributed by atoms with Crippen LogP contribution in [0.1, 0.15) is 0 Å². The molecule has 4 nitrogen and oxygen atoms in total. The Morgan fingerprint density at radius 1 is 1.31 bits per heavy atom. The van der Waals surface area contributed by atoms with Crippen molar-refractivity contribution in [3.05, 3.63) is 17.2 Å². The zero-order chi connectivity index (χ0) is 10.2. The quantitative estimate of drug-likeness (QED) is 0.700. The van der Waals surface area contributed by atoms with E-state index in [4.69, 9.17) is 21.8 Å². The monoisotopic (exact) mass is 222 g/mol. The molecule has 0 spiro atoms. The van der Waals surface area contributed by atoms with Gasteiger partial charge in [-0.25, -0.2) is 8.42 Å². The van der Waals surface area contributed by atoms with Crippen LogP contribution in [-0.4, -0.2) is 24.9 Å². The molecule has 0 aromatic heterocycles. The number of aromatic hydroxyl groups is 2. The number of halogens is 1. The van der Waals surface area contributed by atoms with E-state index >= 15 is 0 Å². The third-order valence-electron chi connectivity index (χ3n) is 1.42. The van der Waals surface area contributed by atoms with E-state index in [1.807, 2.05) is 0 Å². The summed E-state index contributed by atoms with van der Waals surface area (Å²) in [5.41, 5.74) is 0. The average molecular weight is 223 g/mol. The van der Waals surface area contributed by atoms with E-state index in [1.165, 1.54) is 0 Å². The maximum atomic E-state index is 11.0. The minimum atomic E-state index is -3.57. The molecule has 1 rings (SSSR count). The van der Waals surface area contributed by atoms with E-state index in [9.17, 15) is 8.42 Å². The van der Waals surface area contributed by atoms with Crippen LogP contribution in [-0.2, 0) is 9.84 Å². The molecule has 0 saturated carbocycles. The Balaban J connectivity index is 3.56. The Morgan fingerprint density at radius 3 is 2.31 bits per heavy atom. The van der Waals surface area contributed by atoms with Crippen molar-refractivity contribution in [2.45, 2.75) is 4.90 Å². The minimum absolute atomic E-state index is 0.0516.